The number of benzene rings is 1. The standard InChI is InChI=1S/C10H12BrClO3/c1-13-7-5-4-6(10(11)12)8(14-2)9(7)15-3/h4-5,10H,1-3H3. The maximum Gasteiger partial charge on any atom is 0.203 e. The maximum absolute atomic E-state index is 5.95. The first kappa shape index (κ1) is 12.5. The molecular formula is C10H12BrClO3. The highest BCUT2D eigenvalue weighted by atomic mass is 79.9. The first-order chi connectivity index (χ1) is 7.15. The summed E-state index contributed by atoms with van der Waals surface area (Å²) < 4.78 is 15.3. The molecule has 5 heteroatoms. The average Bonchev–Trinajstić information content (AvgIpc) is 2.26. The van der Waals surface area contributed by atoms with Gasteiger partial charge >= 0.3 is 0 Å². The second-order valence-corrected chi connectivity index (χ2v) is 4.60. The molecule has 1 rings (SSSR count). The van der Waals surface area contributed by atoms with Gasteiger partial charge in [-0.1, -0.05) is 15.9 Å². The van der Waals surface area contributed by atoms with Crippen LogP contribution in [0.3, 0.4) is 0 Å². The van der Waals surface area contributed by atoms with Gasteiger partial charge in [0.25, 0.3) is 0 Å². The molecule has 15 heavy (non-hydrogen) atoms. The SMILES string of the molecule is COc1ccc(C(Cl)Br)c(OC)c1OC. The molecule has 0 fully saturated rings. The number of hydrogen-bond donors (Lipinski definition) is 0. The van der Waals surface area contributed by atoms with Crippen molar-refractivity contribution in [2.45, 2.75) is 4.29 Å². The number of rotatable bonds is 4. The van der Waals surface area contributed by atoms with Gasteiger partial charge in [-0.05, 0) is 12.1 Å². The predicted molar refractivity (Wildman–Crippen MR) is 63.6 cm³/mol. The summed E-state index contributed by atoms with van der Waals surface area (Å²) in [5, 5.41) is 0. The summed E-state index contributed by atoms with van der Waals surface area (Å²) in [6.07, 6.45) is 0. The molecular weight excluding hydrogens is 283 g/mol. The van der Waals surface area contributed by atoms with Crippen molar-refractivity contribution in [1.29, 1.82) is 0 Å². The molecule has 0 heterocycles. The van der Waals surface area contributed by atoms with E-state index in [4.69, 9.17) is 25.8 Å². The Morgan fingerprint density at radius 3 is 2.07 bits per heavy atom. The lowest BCUT2D eigenvalue weighted by Crippen LogP contribution is -1.98. The lowest BCUT2D eigenvalue weighted by atomic mass is 10.2. The van der Waals surface area contributed by atoms with Gasteiger partial charge in [-0.15, -0.1) is 11.6 Å². The molecule has 0 aliphatic carbocycles. The molecule has 0 saturated carbocycles. The van der Waals surface area contributed by atoms with Gasteiger partial charge in [0.15, 0.2) is 11.5 Å². The van der Waals surface area contributed by atoms with Gasteiger partial charge in [0.2, 0.25) is 5.75 Å². The van der Waals surface area contributed by atoms with E-state index in [1.807, 2.05) is 6.07 Å². The molecule has 0 aliphatic rings. The van der Waals surface area contributed by atoms with E-state index >= 15 is 0 Å². The van der Waals surface area contributed by atoms with Crippen molar-refractivity contribution >= 4 is 27.5 Å². The van der Waals surface area contributed by atoms with E-state index in [1.54, 1.807) is 27.4 Å². The number of ether oxygens (including phenoxy) is 3. The summed E-state index contributed by atoms with van der Waals surface area (Å²) in [5.74, 6) is 1.74. The van der Waals surface area contributed by atoms with Crippen LogP contribution in [0.15, 0.2) is 12.1 Å². The van der Waals surface area contributed by atoms with Gasteiger partial charge in [-0.25, -0.2) is 0 Å². The van der Waals surface area contributed by atoms with Crippen molar-refractivity contribution in [2.24, 2.45) is 0 Å². The Bertz CT molecular complexity index is 342. The maximum atomic E-state index is 5.95. The lowest BCUT2D eigenvalue weighted by molar-refractivity contribution is 0.323. The van der Waals surface area contributed by atoms with E-state index in [0.29, 0.717) is 17.2 Å². The quantitative estimate of drug-likeness (QED) is 0.797. The Balaban J connectivity index is 3.34. The summed E-state index contributed by atoms with van der Waals surface area (Å²) in [4.78, 5) is 0. The summed E-state index contributed by atoms with van der Waals surface area (Å²) in [7, 11) is 4.69. The molecule has 1 aromatic rings. The molecule has 0 N–H and O–H groups in total. The zero-order valence-electron chi connectivity index (χ0n) is 8.71. The minimum absolute atomic E-state index is 0.327. The van der Waals surface area contributed by atoms with Gasteiger partial charge in [0.05, 0.1) is 21.3 Å². The number of methoxy groups -OCH3 is 3. The second kappa shape index (κ2) is 5.47. The number of alkyl halides is 2. The molecule has 0 amide bonds. The van der Waals surface area contributed by atoms with Gasteiger partial charge in [-0.3, -0.25) is 0 Å². The Kier molecular flexibility index (Phi) is 4.54. The fourth-order valence-corrected chi connectivity index (χ4v) is 1.83. The zero-order chi connectivity index (χ0) is 11.4. The average molecular weight is 296 g/mol. The Morgan fingerprint density at radius 1 is 1.07 bits per heavy atom. The van der Waals surface area contributed by atoms with Crippen LogP contribution in [0.4, 0.5) is 0 Å². The third-order valence-corrected chi connectivity index (χ3v) is 2.70. The van der Waals surface area contributed by atoms with Crippen LogP contribution in [-0.2, 0) is 0 Å². The third kappa shape index (κ3) is 2.49. The first-order valence-corrected chi connectivity index (χ1v) is 5.58. The minimum Gasteiger partial charge on any atom is -0.493 e. The van der Waals surface area contributed by atoms with Crippen LogP contribution < -0.4 is 14.2 Å². The van der Waals surface area contributed by atoms with Gasteiger partial charge in [0.1, 0.15) is 4.29 Å². The van der Waals surface area contributed by atoms with Crippen molar-refractivity contribution in [3.05, 3.63) is 17.7 Å². The molecule has 0 spiro atoms. The molecule has 0 bridgehead atoms. The fraction of sp³-hybridized carbons (Fsp3) is 0.400. The minimum atomic E-state index is -0.327. The molecule has 0 saturated heterocycles. The highest BCUT2D eigenvalue weighted by Crippen LogP contribution is 2.45. The summed E-state index contributed by atoms with van der Waals surface area (Å²) in [5.41, 5.74) is 0.803. The normalized spacial score (nSPS) is 12.1. The van der Waals surface area contributed by atoms with Crippen molar-refractivity contribution in [3.63, 3.8) is 0 Å². The zero-order valence-corrected chi connectivity index (χ0v) is 11.1. The van der Waals surface area contributed by atoms with Gasteiger partial charge in [-0.2, -0.15) is 0 Å². The molecule has 84 valence electrons. The number of halogens is 2. The Morgan fingerprint density at radius 2 is 1.67 bits per heavy atom. The van der Waals surface area contributed by atoms with E-state index in [0.717, 1.165) is 5.56 Å². The van der Waals surface area contributed by atoms with Crippen molar-refractivity contribution in [1.82, 2.24) is 0 Å². The fourth-order valence-electron chi connectivity index (χ4n) is 1.30. The Labute approximate surface area is 102 Å². The summed E-state index contributed by atoms with van der Waals surface area (Å²) in [6, 6.07) is 3.61. The van der Waals surface area contributed by atoms with Gasteiger partial charge in [0, 0.05) is 5.56 Å². The second-order valence-electron chi connectivity index (χ2n) is 2.72. The monoisotopic (exact) mass is 294 g/mol. The summed E-state index contributed by atoms with van der Waals surface area (Å²) in [6.45, 7) is 0. The largest absolute Gasteiger partial charge is 0.493 e. The van der Waals surface area contributed by atoms with Crippen LogP contribution in [-0.4, -0.2) is 21.3 Å². The van der Waals surface area contributed by atoms with E-state index in [1.165, 1.54) is 0 Å². The van der Waals surface area contributed by atoms with Crippen molar-refractivity contribution in [2.75, 3.05) is 21.3 Å². The van der Waals surface area contributed by atoms with Crippen molar-refractivity contribution in [3.8, 4) is 17.2 Å². The Hall–Kier alpha value is -0.610. The highest BCUT2D eigenvalue weighted by molar-refractivity contribution is 9.09. The van der Waals surface area contributed by atoms with Crippen LogP contribution in [0.5, 0.6) is 17.2 Å². The van der Waals surface area contributed by atoms with Crippen LogP contribution in [0.1, 0.15) is 9.85 Å². The third-order valence-electron chi connectivity index (χ3n) is 1.97. The predicted octanol–water partition coefficient (Wildman–Crippen LogP) is 3.34. The van der Waals surface area contributed by atoms with Crippen LogP contribution in [0.25, 0.3) is 0 Å². The van der Waals surface area contributed by atoms with E-state index in [2.05, 4.69) is 15.9 Å². The molecule has 0 aliphatic heterocycles. The molecule has 1 atom stereocenters. The molecule has 1 unspecified atom stereocenters. The van der Waals surface area contributed by atoms with E-state index < -0.39 is 0 Å². The summed E-state index contributed by atoms with van der Waals surface area (Å²) >= 11 is 9.22. The van der Waals surface area contributed by atoms with Crippen LogP contribution in [0.2, 0.25) is 0 Å². The molecule has 1 aromatic carbocycles. The number of hydrogen-bond acceptors (Lipinski definition) is 3. The first-order valence-electron chi connectivity index (χ1n) is 4.22. The highest BCUT2D eigenvalue weighted by Gasteiger charge is 2.18. The molecule has 3 nitrogen and oxygen atoms in total. The molecule has 0 radical (unpaired) electrons. The molecule has 0 aromatic heterocycles. The van der Waals surface area contributed by atoms with E-state index in [9.17, 15) is 0 Å². The topological polar surface area (TPSA) is 27.7 Å². The van der Waals surface area contributed by atoms with E-state index in [-0.39, 0.29) is 4.29 Å². The lowest BCUT2D eigenvalue weighted by Gasteiger charge is -2.16. The smallest absolute Gasteiger partial charge is 0.203 e. The van der Waals surface area contributed by atoms with Gasteiger partial charge < -0.3 is 14.2 Å². The van der Waals surface area contributed by atoms with Crippen LogP contribution >= 0.6 is 27.5 Å². The van der Waals surface area contributed by atoms with Crippen LogP contribution in [0, 0.1) is 0 Å². The van der Waals surface area contributed by atoms with Crippen molar-refractivity contribution < 1.29 is 14.2 Å².